The molecule has 0 bridgehead atoms. The Morgan fingerprint density at radius 3 is 1.14 bits per heavy atom. The summed E-state index contributed by atoms with van der Waals surface area (Å²) in [6, 6.07) is 51.4. The molecule has 0 unspecified atom stereocenters. The van der Waals surface area contributed by atoms with Crippen LogP contribution in [0.5, 0.6) is 0 Å². The van der Waals surface area contributed by atoms with E-state index in [0.29, 0.717) is 106 Å². The fraction of sp³-hybridized carbons (Fsp3) is 0.186. The number of aliphatic hydroxyl groups is 1. The molecule has 0 aliphatic carbocycles. The zero-order valence-electron chi connectivity index (χ0n) is 51.1. The second-order valence-corrected chi connectivity index (χ2v) is 26.3. The number of aromatic amines is 3. The highest BCUT2D eigenvalue weighted by Crippen LogP contribution is 2.38. The smallest absolute Gasteiger partial charge is 0.386 e. The maximum atomic E-state index is 12.9. The van der Waals surface area contributed by atoms with Crippen molar-refractivity contribution >= 4 is 58.8 Å². The fourth-order valence-electron chi connectivity index (χ4n) is 10.8. The number of H-pyrrole nitrogens is 3. The van der Waals surface area contributed by atoms with Crippen LogP contribution < -0.4 is 9.86 Å². The number of aromatic nitrogens is 6. The van der Waals surface area contributed by atoms with Crippen LogP contribution in [0.4, 0.5) is 58.4 Å². The Morgan fingerprint density at radius 1 is 0.412 bits per heavy atom. The predicted molar refractivity (Wildman–Crippen MR) is 346 cm³/mol. The lowest BCUT2D eigenvalue weighted by atomic mass is 9.89. The summed E-state index contributed by atoms with van der Waals surface area (Å²) in [4.78, 5) is 23.0. The number of primary sulfonamides is 1. The van der Waals surface area contributed by atoms with E-state index in [1.165, 1.54) is 48.5 Å². The highest BCUT2D eigenvalue weighted by molar-refractivity contribution is 7.93. The van der Waals surface area contributed by atoms with E-state index in [9.17, 15) is 74.6 Å². The molecule has 7 N–H and O–H groups in total. The number of nitrogens with two attached hydrogens (primary N) is 1. The molecule has 0 aliphatic heterocycles. The SMILES string of the molecule is CC(C)(O)c1ccccc1-c1ccc2nc(CCc3cccc(C(F)(F)F)c3)[nH]c2c1.NS(=O)(=O)c1ccccc1-c1ccc2nc(CCc3cccc(C(F)(F)F)c3)[nH]c2c1.O=S(=O)(Nc1ccccc1-c1ccc2nc(CCc3cccc(C(F)(F)F)c3)[nH]c2c1)C(F)(F)F. The van der Waals surface area contributed by atoms with Gasteiger partial charge in [-0.1, -0.05) is 133 Å². The van der Waals surface area contributed by atoms with Crippen molar-refractivity contribution in [1.82, 2.24) is 29.9 Å². The highest BCUT2D eigenvalue weighted by Gasteiger charge is 2.46. The zero-order chi connectivity index (χ0) is 69.9. The third-order valence-corrected chi connectivity index (χ3v) is 17.6. The number of aryl methyl sites for hydroxylation is 6. The van der Waals surface area contributed by atoms with E-state index in [1.807, 2.05) is 42.5 Å². The first-order valence-corrected chi connectivity index (χ1v) is 32.7. The molecular weight excluding hydrogens is 1320 g/mol. The molecule has 0 atom stereocenters. The van der Waals surface area contributed by atoms with E-state index < -0.39 is 66.4 Å². The molecule has 0 saturated heterocycles. The normalized spacial score (nSPS) is 12.5. The van der Waals surface area contributed by atoms with Crippen molar-refractivity contribution in [2.24, 2.45) is 5.14 Å². The Kier molecular flexibility index (Phi) is 20.0. The van der Waals surface area contributed by atoms with Gasteiger partial charge in [0.1, 0.15) is 17.5 Å². The summed E-state index contributed by atoms with van der Waals surface area (Å²) in [7, 11) is -9.50. The first kappa shape index (κ1) is 70.0. The summed E-state index contributed by atoms with van der Waals surface area (Å²) < 4.78 is 203. The molecule has 12 rings (SSSR count). The first-order chi connectivity index (χ1) is 45.6. The maximum absolute atomic E-state index is 12.9. The number of rotatable bonds is 16. The van der Waals surface area contributed by atoms with Gasteiger partial charge in [-0.15, -0.1) is 0 Å². The van der Waals surface area contributed by atoms with E-state index in [2.05, 4.69) is 29.9 Å². The minimum Gasteiger partial charge on any atom is -0.386 e. The van der Waals surface area contributed by atoms with E-state index in [-0.39, 0.29) is 16.1 Å². The molecule has 12 aromatic rings. The van der Waals surface area contributed by atoms with E-state index in [1.54, 1.807) is 97.4 Å². The summed E-state index contributed by atoms with van der Waals surface area (Å²) in [5, 5.41) is 15.8. The number of hydrogen-bond donors (Lipinski definition) is 6. The summed E-state index contributed by atoms with van der Waals surface area (Å²) in [5.74, 6) is 1.87. The fourth-order valence-corrected chi connectivity index (χ4v) is 12.1. The van der Waals surface area contributed by atoms with Crippen molar-refractivity contribution in [3.05, 3.63) is 257 Å². The van der Waals surface area contributed by atoms with E-state index >= 15 is 0 Å². The summed E-state index contributed by atoms with van der Waals surface area (Å²) in [6.45, 7) is 3.51. The van der Waals surface area contributed by atoms with Crippen LogP contribution in [0.1, 0.15) is 70.3 Å². The molecule has 13 nitrogen and oxygen atoms in total. The lowest BCUT2D eigenvalue weighted by Crippen LogP contribution is -2.30. The predicted octanol–water partition coefficient (Wildman–Crippen LogP) is 17.2. The van der Waals surface area contributed by atoms with Gasteiger partial charge < -0.3 is 20.1 Å². The summed E-state index contributed by atoms with van der Waals surface area (Å²) in [6.07, 6.45) is -10.7. The van der Waals surface area contributed by atoms with Gasteiger partial charge in [-0.2, -0.15) is 61.1 Å². The molecule has 0 spiro atoms. The topological polar surface area (TPSA) is 213 Å². The molecule has 0 radical (unpaired) electrons. The largest absolute Gasteiger partial charge is 0.516 e. The average molecular weight is 1380 g/mol. The molecule has 3 heterocycles. The molecule has 0 amide bonds. The van der Waals surface area contributed by atoms with Crippen molar-refractivity contribution in [2.45, 2.75) is 86.9 Å². The Bertz CT molecular complexity index is 5060. The lowest BCUT2D eigenvalue weighted by molar-refractivity contribution is -0.138. The van der Waals surface area contributed by atoms with Gasteiger partial charge in [0.2, 0.25) is 10.0 Å². The van der Waals surface area contributed by atoms with Crippen LogP contribution in [0.3, 0.4) is 0 Å². The molecular formula is C70H58F12N8O5S2. The lowest BCUT2D eigenvalue weighted by Gasteiger charge is -2.21. The molecule has 9 aromatic carbocycles. The summed E-state index contributed by atoms with van der Waals surface area (Å²) in [5.41, 5.74) is 1.57. The van der Waals surface area contributed by atoms with Crippen LogP contribution in [0, 0.1) is 0 Å². The number of imidazole rings is 3. The number of nitrogens with zero attached hydrogens (tertiary/aromatic N) is 3. The average Bonchev–Trinajstić information content (AvgIpc) is 1.77. The number of alkyl halides is 12. The Morgan fingerprint density at radius 2 is 0.763 bits per heavy atom. The third kappa shape index (κ3) is 17.4. The molecule has 504 valence electrons. The van der Waals surface area contributed by atoms with Gasteiger partial charge in [-0.25, -0.2) is 28.5 Å². The number of sulfonamides is 2. The number of hydrogen-bond acceptors (Lipinski definition) is 8. The van der Waals surface area contributed by atoms with E-state index in [4.69, 9.17) is 5.14 Å². The minimum atomic E-state index is -5.61. The van der Waals surface area contributed by atoms with Crippen molar-refractivity contribution in [3.63, 3.8) is 0 Å². The van der Waals surface area contributed by atoms with Gasteiger partial charge in [0.05, 0.1) is 66.0 Å². The number of nitrogens with one attached hydrogen (secondary N) is 4. The molecule has 0 aliphatic rings. The van der Waals surface area contributed by atoms with Crippen LogP contribution in [0.15, 0.2) is 205 Å². The first-order valence-electron chi connectivity index (χ1n) is 29.6. The molecule has 0 saturated carbocycles. The van der Waals surface area contributed by atoms with Crippen LogP contribution in [0.25, 0.3) is 66.5 Å². The number of anilines is 1. The number of fused-ring (bicyclic) bond motifs is 3. The number of benzene rings is 9. The number of para-hydroxylation sites is 1. The summed E-state index contributed by atoms with van der Waals surface area (Å²) >= 11 is 0. The van der Waals surface area contributed by atoms with Gasteiger partial charge in [0.15, 0.2) is 0 Å². The molecule has 97 heavy (non-hydrogen) atoms. The van der Waals surface area contributed by atoms with Gasteiger partial charge in [0.25, 0.3) is 0 Å². The third-order valence-electron chi connectivity index (χ3n) is 15.5. The van der Waals surface area contributed by atoms with Gasteiger partial charge in [-0.3, -0.25) is 4.72 Å². The second kappa shape index (κ2) is 27.7. The quantitative estimate of drug-likeness (QED) is 0.0511. The van der Waals surface area contributed by atoms with Gasteiger partial charge >= 0.3 is 34.1 Å². The zero-order valence-corrected chi connectivity index (χ0v) is 52.8. The molecule has 3 aromatic heterocycles. The molecule has 27 heteroatoms. The maximum Gasteiger partial charge on any atom is 0.516 e. The second-order valence-electron chi connectivity index (χ2n) is 23.1. The van der Waals surface area contributed by atoms with Gasteiger partial charge in [0, 0.05) is 30.4 Å². The van der Waals surface area contributed by atoms with Crippen LogP contribution in [0.2, 0.25) is 0 Å². The standard InChI is InChI=1S/C25H23F3N2O.C23H17F6N3O2S.C22H18F3N3O2S/c1-24(2,31)20-9-4-3-8-19(20)17-11-12-21-22(15-17)30-23(29-21)13-10-16-6-5-7-18(14-16)25(26,27)28;24-22(25,26)16-5-3-4-14(12-16)8-11-21-30-19-10-9-15(13-20(19)31-21)17-6-1-2-7-18(17)32-35(33,34)23(27,28)29;23-22(24,25)16-5-3-4-14(12-16)8-11-21-27-18-10-9-15(13-19(18)28-21)17-6-1-2-7-20(17)31(26,29)30/h3-9,11-12,14-15,31H,10,13H2,1-2H3,(H,29,30);1-7,9-10,12-13,32H,8,11H2,(H,30,31);1-7,9-10,12-13H,8,11H2,(H,27,28)(H2,26,29,30). The minimum absolute atomic E-state index is 0.0265. The van der Waals surface area contributed by atoms with Crippen LogP contribution in [-0.2, 0) is 82.7 Å². The van der Waals surface area contributed by atoms with Crippen molar-refractivity contribution in [1.29, 1.82) is 0 Å². The Labute approximate surface area is 547 Å². The number of halogens is 12. The Balaban J connectivity index is 0.000000158. The van der Waals surface area contributed by atoms with Crippen LogP contribution in [-0.4, -0.2) is 57.4 Å². The van der Waals surface area contributed by atoms with Crippen molar-refractivity contribution in [3.8, 4) is 33.4 Å². The van der Waals surface area contributed by atoms with E-state index in [0.717, 1.165) is 63.9 Å². The molecule has 0 fully saturated rings. The monoisotopic (exact) mass is 1380 g/mol. The van der Waals surface area contributed by atoms with Crippen LogP contribution >= 0.6 is 0 Å². The Hall–Kier alpha value is -9.83. The van der Waals surface area contributed by atoms with Crippen molar-refractivity contribution in [2.75, 3.05) is 4.72 Å². The highest BCUT2D eigenvalue weighted by atomic mass is 32.2. The van der Waals surface area contributed by atoms with Crippen molar-refractivity contribution < 1.29 is 74.6 Å². The van der Waals surface area contributed by atoms with Gasteiger partial charge in [-0.05, 0) is 144 Å².